The summed E-state index contributed by atoms with van der Waals surface area (Å²) in [6.45, 7) is 4.32. The molecule has 1 aromatic carbocycles. The second kappa shape index (κ2) is 8.87. The van der Waals surface area contributed by atoms with E-state index in [2.05, 4.69) is 20.2 Å². The molecular weight excluding hydrogens is 374 g/mol. The molecule has 0 amide bonds. The summed E-state index contributed by atoms with van der Waals surface area (Å²) in [5.74, 6) is 0.792. The molecule has 3 aromatic rings. The third-order valence-electron chi connectivity index (χ3n) is 4.98. The minimum Gasteiger partial charge on any atom is -0.468 e. The zero-order valence-corrected chi connectivity index (χ0v) is 16.0. The van der Waals surface area contributed by atoms with E-state index in [-0.39, 0.29) is 5.43 Å². The van der Waals surface area contributed by atoms with E-state index in [9.17, 15) is 9.59 Å². The second-order valence-electron chi connectivity index (χ2n) is 6.89. The Morgan fingerprint density at radius 3 is 2.93 bits per heavy atom. The SMILES string of the molecule is O=COCCCCn1cc(-c2cccc3c(=O)cc(N4CCOCC4)[nH]c23)nn1. The van der Waals surface area contributed by atoms with Crippen LogP contribution in [0, 0.1) is 0 Å². The van der Waals surface area contributed by atoms with Crippen molar-refractivity contribution in [3.8, 4) is 11.3 Å². The lowest BCUT2D eigenvalue weighted by Crippen LogP contribution is -2.37. The van der Waals surface area contributed by atoms with Crippen molar-refractivity contribution in [3.05, 3.63) is 40.7 Å². The van der Waals surface area contributed by atoms with Gasteiger partial charge in [0, 0.05) is 36.7 Å². The van der Waals surface area contributed by atoms with Crippen LogP contribution in [0.25, 0.3) is 22.2 Å². The number of hydrogen-bond acceptors (Lipinski definition) is 7. The first-order valence-corrected chi connectivity index (χ1v) is 9.71. The Morgan fingerprint density at radius 1 is 1.24 bits per heavy atom. The molecule has 3 heterocycles. The van der Waals surface area contributed by atoms with Crippen molar-refractivity contribution in [1.29, 1.82) is 0 Å². The number of anilines is 1. The predicted molar refractivity (Wildman–Crippen MR) is 108 cm³/mol. The van der Waals surface area contributed by atoms with E-state index in [1.165, 1.54) is 0 Å². The summed E-state index contributed by atoms with van der Waals surface area (Å²) in [6.07, 6.45) is 3.46. The summed E-state index contributed by atoms with van der Waals surface area (Å²) in [6, 6.07) is 7.26. The summed E-state index contributed by atoms with van der Waals surface area (Å²) in [5.41, 5.74) is 2.28. The maximum Gasteiger partial charge on any atom is 0.293 e. The first-order valence-electron chi connectivity index (χ1n) is 9.71. The Balaban J connectivity index is 1.61. The summed E-state index contributed by atoms with van der Waals surface area (Å²) in [5, 5.41) is 9.11. The molecule has 0 bridgehead atoms. The number of ether oxygens (including phenoxy) is 2. The first kappa shape index (κ1) is 19.1. The lowest BCUT2D eigenvalue weighted by molar-refractivity contribution is -0.128. The molecule has 1 aliphatic heterocycles. The van der Waals surface area contributed by atoms with E-state index in [1.54, 1.807) is 10.7 Å². The standard InChI is InChI=1S/C20H23N5O4/c26-14-29-9-2-1-6-25-13-17(22-23-25)15-4-3-5-16-18(27)12-19(21-20(15)16)24-7-10-28-11-8-24/h3-5,12-14H,1-2,6-11H2,(H,21,27). The number of morpholine rings is 1. The number of carbonyl (C=O) groups excluding carboxylic acids is 1. The molecule has 0 saturated carbocycles. The number of aromatic amines is 1. The van der Waals surface area contributed by atoms with Crippen molar-refractivity contribution in [2.24, 2.45) is 0 Å². The molecule has 9 heteroatoms. The minimum absolute atomic E-state index is 0.0235. The largest absolute Gasteiger partial charge is 0.468 e. The van der Waals surface area contributed by atoms with Gasteiger partial charge >= 0.3 is 0 Å². The highest BCUT2D eigenvalue weighted by Crippen LogP contribution is 2.26. The third-order valence-corrected chi connectivity index (χ3v) is 4.98. The Hall–Kier alpha value is -3.20. The fourth-order valence-electron chi connectivity index (χ4n) is 3.48. The van der Waals surface area contributed by atoms with Crippen LogP contribution >= 0.6 is 0 Å². The highest BCUT2D eigenvalue weighted by atomic mass is 16.5. The van der Waals surface area contributed by atoms with E-state index >= 15 is 0 Å². The van der Waals surface area contributed by atoms with Crippen molar-refractivity contribution in [2.75, 3.05) is 37.8 Å². The Kier molecular flexibility index (Phi) is 5.85. The number of nitrogens with one attached hydrogen (secondary N) is 1. The monoisotopic (exact) mass is 397 g/mol. The summed E-state index contributed by atoms with van der Waals surface area (Å²) in [7, 11) is 0. The highest BCUT2D eigenvalue weighted by Gasteiger charge is 2.16. The summed E-state index contributed by atoms with van der Waals surface area (Å²) >= 11 is 0. The maximum atomic E-state index is 12.7. The van der Waals surface area contributed by atoms with Gasteiger partial charge in [-0.05, 0) is 18.9 Å². The average Bonchev–Trinajstić information content (AvgIpc) is 3.22. The average molecular weight is 397 g/mol. The minimum atomic E-state index is -0.0235. The Labute approximate surface area is 167 Å². The van der Waals surface area contributed by atoms with Crippen LogP contribution in [0.2, 0.25) is 0 Å². The van der Waals surface area contributed by atoms with Gasteiger partial charge in [0.25, 0.3) is 6.47 Å². The van der Waals surface area contributed by atoms with Gasteiger partial charge < -0.3 is 19.4 Å². The molecule has 1 fully saturated rings. The fraction of sp³-hybridized carbons (Fsp3) is 0.400. The number of fused-ring (bicyclic) bond motifs is 1. The number of nitrogens with zero attached hydrogens (tertiary/aromatic N) is 4. The van der Waals surface area contributed by atoms with Crippen LogP contribution in [0.3, 0.4) is 0 Å². The Bertz CT molecular complexity index is 1040. The van der Waals surface area contributed by atoms with Gasteiger partial charge in [-0.2, -0.15) is 0 Å². The van der Waals surface area contributed by atoms with Crippen LogP contribution in [0.15, 0.2) is 35.3 Å². The summed E-state index contributed by atoms with van der Waals surface area (Å²) < 4.78 is 11.9. The van der Waals surface area contributed by atoms with Crippen molar-refractivity contribution in [2.45, 2.75) is 19.4 Å². The van der Waals surface area contributed by atoms with Crippen LogP contribution in [0.5, 0.6) is 0 Å². The van der Waals surface area contributed by atoms with Crippen molar-refractivity contribution in [1.82, 2.24) is 20.0 Å². The Morgan fingerprint density at radius 2 is 2.10 bits per heavy atom. The lowest BCUT2D eigenvalue weighted by atomic mass is 10.1. The van der Waals surface area contributed by atoms with Crippen molar-refractivity contribution < 1.29 is 14.3 Å². The van der Waals surface area contributed by atoms with E-state index in [1.807, 2.05) is 24.4 Å². The molecule has 0 atom stereocenters. The topological polar surface area (TPSA) is 102 Å². The third kappa shape index (κ3) is 4.29. The van der Waals surface area contributed by atoms with Gasteiger partial charge in [-0.25, -0.2) is 0 Å². The molecule has 1 saturated heterocycles. The molecule has 152 valence electrons. The van der Waals surface area contributed by atoms with Gasteiger partial charge in [-0.1, -0.05) is 17.3 Å². The van der Waals surface area contributed by atoms with Crippen LogP contribution in [-0.4, -0.2) is 59.4 Å². The van der Waals surface area contributed by atoms with E-state index < -0.39 is 0 Å². The van der Waals surface area contributed by atoms with Gasteiger partial charge in [0.05, 0.1) is 31.5 Å². The molecule has 0 radical (unpaired) electrons. The van der Waals surface area contributed by atoms with Crippen molar-refractivity contribution >= 4 is 23.2 Å². The van der Waals surface area contributed by atoms with Crippen LogP contribution in [0.1, 0.15) is 12.8 Å². The molecule has 2 aromatic heterocycles. The zero-order valence-electron chi connectivity index (χ0n) is 16.0. The van der Waals surface area contributed by atoms with Gasteiger partial charge in [-0.15, -0.1) is 5.10 Å². The molecule has 1 aliphatic rings. The summed E-state index contributed by atoms with van der Waals surface area (Å²) in [4.78, 5) is 28.4. The number of unbranched alkanes of at least 4 members (excludes halogenated alkanes) is 1. The number of benzene rings is 1. The molecule has 1 N–H and O–H groups in total. The molecular formula is C20H23N5O4. The number of H-pyrrole nitrogens is 1. The van der Waals surface area contributed by atoms with Gasteiger partial charge in [0.15, 0.2) is 5.43 Å². The number of para-hydroxylation sites is 1. The molecule has 0 aliphatic carbocycles. The quantitative estimate of drug-likeness (QED) is 0.455. The van der Waals surface area contributed by atoms with Crippen LogP contribution in [-0.2, 0) is 20.8 Å². The molecule has 0 unspecified atom stereocenters. The van der Waals surface area contributed by atoms with E-state index in [0.29, 0.717) is 43.9 Å². The van der Waals surface area contributed by atoms with Gasteiger partial charge in [0.2, 0.25) is 0 Å². The fourth-order valence-corrected chi connectivity index (χ4v) is 3.48. The number of carbonyl (C=O) groups is 1. The number of aromatic nitrogens is 4. The molecule has 4 rings (SSSR count). The van der Waals surface area contributed by atoms with Crippen LogP contribution in [0.4, 0.5) is 5.82 Å². The van der Waals surface area contributed by atoms with Gasteiger partial charge in [-0.3, -0.25) is 14.3 Å². The zero-order chi connectivity index (χ0) is 20.1. The smallest absolute Gasteiger partial charge is 0.293 e. The lowest BCUT2D eigenvalue weighted by Gasteiger charge is -2.28. The second-order valence-corrected chi connectivity index (χ2v) is 6.89. The first-order chi connectivity index (χ1) is 14.3. The number of aryl methyl sites for hydroxylation is 1. The van der Waals surface area contributed by atoms with E-state index in [0.717, 1.165) is 42.8 Å². The number of pyridine rings is 1. The number of rotatable bonds is 8. The predicted octanol–water partition coefficient (Wildman–Crippen LogP) is 1.58. The molecule has 9 nitrogen and oxygen atoms in total. The van der Waals surface area contributed by atoms with Gasteiger partial charge in [0.1, 0.15) is 11.5 Å². The molecule has 29 heavy (non-hydrogen) atoms. The van der Waals surface area contributed by atoms with E-state index in [4.69, 9.17) is 9.47 Å². The van der Waals surface area contributed by atoms with Crippen LogP contribution < -0.4 is 10.3 Å². The highest BCUT2D eigenvalue weighted by molar-refractivity contribution is 5.93. The maximum absolute atomic E-state index is 12.7. The number of hydrogen-bond donors (Lipinski definition) is 1. The van der Waals surface area contributed by atoms with Crippen molar-refractivity contribution in [3.63, 3.8) is 0 Å². The normalized spacial score (nSPS) is 14.3. The molecule has 0 spiro atoms.